The summed E-state index contributed by atoms with van der Waals surface area (Å²) in [6.45, 7) is 4.72. The van der Waals surface area contributed by atoms with Gasteiger partial charge in [-0.25, -0.2) is 0 Å². The van der Waals surface area contributed by atoms with E-state index in [1.807, 2.05) is 43.8 Å². The molecule has 0 atom stereocenters. The largest absolute Gasteiger partial charge is 0.379 e. The van der Waals surface area contributed by atoms with Gasteiger partial charge >= 0.3 is 0 Å². The van der Waals surface area contributed by atoms with Gasteiger partial charge in [-0.2, -0.15) is 5.10 Å². The third-order valence-corrected chi connectivity index (χ3v) is 3.82. The lowest BCUT2D eigenvalue weighted by Crippen LogP contribution is -2.06. The molecule has 2 aromatic rings. The van der Waals surface area contributed by atoms with Crippen LogP contribution in [-0.4, -0.2) is 9.78 Å². The van der Waals surface area contributed by atoms with Crippen LogP contribution >= 0.6 is 23.2 Å². The zero-order valence-electron chi connectivity index (χ0n) is 11.3. The van der Waals surface area contributed by atoms with E-state index in [0.29, 0.717) is 6.54 Å². The maximum absolute atomic E-state index is 6.32. The number of halogens is 2. The van der Waals surface area contributed by atoms with Gasteiger partial charge in [-0.05, 0) is 31.0 Å². The Morgan fingerprint density at radius 1 is 1.32 bits per heavy atom. The molecule has 0 spiro atoms. The van der Waals surface area contributed by atoms with Crippen LogP contribution in [0.4, 0.5) is 5.69 Å². The zero-order chi connectivity index (χ0) is 14.0. The van der Waals surface area contributed by atoms with Crippen molar-refractivity contribution in [1.82, 2.24) is 9.78 Å². The summed E-state index contributed by atoms with van der Waals surface area (Å²) in [5.41, 5.74) is 4.09. The van der Waals surface area contributed by atoms with Crippen LogP contribution < -0.4 is 5.32 Å². The molecule has 0 aliphatic rings. The van der Waals surface area contributed by atoms with Crippen molar-refractivity contribution in [2.75, 3.05) is 5.32 Å². The van der Waals surface area contributed by atoms with Crippen molar-refractivity contribution in [3.8, 4) is 0 Å². The van der Waals surface area contributed by atoms with Crippen LogP contribution in [0.1, 0.15) is 23.9 Å². The number of aryl methyl sites for hydroxylation is 3. The predicted octanol–water partition coefficient (Wildman–Crippen LogP) is 4.21. The summed E-state index contributed by atoms with van der Waals surface area (Å²) < 4.78 is 1.83. The van der Waals surface area contributed by atoms with Crippen molar-refractivity contribution in [1.29, 1.82) is 0 Å². The van der Waals surface area contributed by atoms with Crippen molar-refractivity contribution >= 4 is 28.9 Å². The minimum atomic E-state index is 0.628. The third kappa shape index (κ3) is 3.04. The van der Waals surface area contributed by atoms with Crippen molar-refractivity contribution in [3.63, 3.8) is 0 Å². The molecule has 19 heavy (non-hydrogen) atoms. The SMILES string of the molecule is CCc1nn(C)c(CNc2cc(Cl)ccc2C)c1Cl. The standard InChI is InChI=1S/C14H17Cl2N3/c1-4-11-14(16)13(19(3)18-11)8-17-12-7-10(15)6-5-9(12)2/h5-7,17H,4,8H2,1-3H3. The number of hydrogen-bond donors (Lipinski definition) is 1. The first-order valence-electron chi connectivity index (χ1n) is 6.23. The Balaban J connectivity index is 2.19. The summed E-state index contributed by atoms with van der Waals surface area (Å²) in [7, 11) is 1.91. The van der Waals surface area contributed by atoms with E-state index in [1.165, 1.54) is 0 Å². The first kappa shape index (κ1) is 14.2. The monoisotopic (exact) mass is 297 g/mol. The molecule has 0 bridgehead atoms. The highest BCUT2D eigenvalue weighted by molar-refractivity contribution is 6.32. The Morgan fingerprint density at radius 3 is 2.68 bits per heavy atom. The summed E-state index contributed by atoms with van der Waals surface area (Å²) in [6, 6.07) is 5.79. The van der Waals surface area contributed by atoms with Crippen LogP contribution in [0.25, 0.3) is 0 Å². The second kappa shape index (κ2) is 5.85. The van der Waals surface area contributed by atoms with Gasteiger partial charge in [0.2, 0.25) is 0 Å². The summed E-state index contributed by atoms with van der Waals surface area (Å²) in [5, 5.41) is 9.23. The molecule has 0 saturated carbocycles. The van der Waals surface area contributed by atoms with Crippen LogP contribution in [0.2, 0.25) is 10.0 Å². The number of hydrogen-bond acceptors (Lipinski definition) is 2. The molecular weight excluding hydrogens is 281 g/mol. The number of nitrogens with one attached hydrogen (secondary N) is 1. The zero-order valence-corrected chi connectivity index (χ0v) is 12.8. The Labute approximate surface area is 123 Å². The van der Waals surface area contributed by atoms with Crippen molar-refractivity contribution < 1.29 is 0 Å². The number of aromatic nitrogens is 2. The van der Waals surface area contributed by atoms with E-state index in [2.05, 4.69) is 10.4 Å². The molecule has 1 aromatic heterocycles. The third-order valence-electron chi connectivity index (χ3n) is 3.15. The maximum atomic E-state index is 6.32. The lowest BCUT2D eigenvalue weighted by molar-refractivity contribution is 0.707. The Bertz CT molecular complexity index is 591. The normalized spacial score (nSPS) is 10.8. The Kier molecular flexibility index (Phi) is 4.38. The molecular formula is C14H17Cl2N3. The average molecular weight is 298 g/mol. The van der Waals surface area contributed by atoms with Gasteiger partial charge in [0.15, 0.2) is 0 Å². The van der Waals surface area contributed by atoms with Crippen LogP contribution in [-0.2, 0) is 20.0 Å². The smallest absolute Gasteiger partial charge is 0.0868 e. The van der Waals surface area contributed by atoms with Crippen molar-refractivity contribution in [3.05, 3.63) is 45.2 Å². The van der Waals surface area contributed by atoms with Crippen LogP contribution in [0, 0.1) is 6.92 Å². The first-order valence-corrected chi connectivity index (χ1v) is 6.98. The van der Waals surface area contributed by atoms with E-state index in [4.69, 9.17) is 23.2 Å². The predicted molar refractivity (Wildman–Crippen MR) is 81.1 cm³/mol. The lowest BCUT2D eigenvalue weighted by atomic mass is 10.2. The molecule has 0 fully saturated rings. The van der Waals surface area contributed by atoms with Crippen LogP contribution in [0.15, 0.2) is 18.2 Å². The van der Waals surface area contributed by atoms with E-state index in [9.17, 15) is 0 Å². The first-order chi connectivity index (χ1) is 9.02. The molecule has 0 aliphatic carbocycles. The van der Waals surface area contributed by atoms with E-state index in [-0.39, 0.29) is 0 Å². The Morgan fingerprint density at radius 2 is 2.05 bits per heavy atom. The summed E-state index contributed by atoms with van der Waals surface area (Å²) in [5.74, 6) is 0. The highest BCUT2D eigenvalue weighted by atomic mass is 35.5. The van der Waals surface area contributed by atoms with Gasteiger partial charge in [0.1, 0.15) is 0 Å². The molecule has 0 aliphatic heterocycles. The van der Waals surface area contributed by atoms with Gasteiger partial charge < -0.3 is 5.32 Å². The van der Waals surface area contributed by atoms with Gasteiger partial charge in [0.25, 0.3) is 0 Å². The van der Waals surface area contributed by atoms with Gasteiger partial charge in [0, 0.05) is 17.8 Å². The van der Waals surface area contributed by atoms with E-state index in [0.717, 1.165) is 39.1 Å². The second-order valence-corrected chi connectivity index (χ2v) is 5.31. The average Bonchev–Trinajstić information content (AvgIpc) is 2.66. The number of rotatable bonds is 4. The minimum absolute atomic E-state index is 0.628. The van der Waals surface area contributed by atoms with Crippen molar-refractivity contribution in [2.24, 2.45) is 7.05 Å². The van der Waals surface area contributed by atoms with Crippen molar-refractivity contribution in [2.45, 2.75) is 26.8 Å². The van der Waals surface area contributed by atoms with E-state index >= 15 is 0 Å². The Hall–Kier alpha value is -1.19. The van der Waals surface area contributed by atoms with Gasteiger partial charge in [-0.3, -0.25) is 4.68 Å². The maximum Gasteiger partial charge on any atom is 0.0868 e. The molecule has 3 nitrogen and oxygen atoms in total. The number of nitrogens with zero attached hydrogens (tertiary/aromatic N) is 2. The quantitative estimate of drug-likeness (QED) is 0.916. The molecule has 0 unspecified atom stereocenters. The fourth-order valence-electron chi connectivity index (χ4n) is 1.98. The van der Waals surface area contributed by atoms with E-state index < -0.39 is 0 Å². The molecule has 5 heteroatoms. The molecule has 1 N–H and O–H groups in total. The van der Waals surface area contributed by atoms with E-state index in [1.54, 1.807) is 0 Å². The molecule has 102 valence electrons. The highest BCUT2D eigenvalue weighted by Gasteiger charge is 2.12. The molecule has 2 rings (SSSR count). The fraction of sp³-hybridized carbons (Fsp3) is 0.357. The fourth-order valence-corrected chi connectivity index (χ4v) is 2.51. The van der Waals surface area contributed by atoms with Gasteiger partial charge in [-0.1, -0.05) is 36.2 Å². The summed E-state index contributed by atoms with van der Waals surface area (Å²) in [6.07, 6.45) is 0.836. The topological polar surface area (TPSA) is 29.9 Å². The van der Waals surface area contributed by atoms with Gasteiger partial charge in [0.05, 0.1) is 23.0 Å². The molecule has 0 amide bonds. The lowest BCUT2D eigenvalue weighted by Gasteiger charge is -2.10. The molecule has 1 heterocycles. The molecule has 0 saturated heterocycles. The second-order valence-electron chi connectivity index (χ2n) is 4.50. The summed E-state index contributed by atoms with van der Waals surface area (Å²) in [4.78, 5) is 0. The summed E-state index contributed by atoms with van der Waals surface area (Å²) >= 11 is 12.3. The van der Waals surface area contributed by atoms with Gasteiger partial charge in [-0.15, -0.1) is 0 Å². The highest BCUT2D eigenvalue weighted by Crippen LogP contribution is 2.24. The minimum Gasteiger partial charge on any atom is -0.379 e. The number of anilines is 1. The van der Waals surface area contributed by atoms with Crippen LogP contribution in [0.5, 0.6) is 0 Å². The molecule has 0 radical (unpaired) electrons. The molecule has 1 aromatic carbocycles. The van der Waals surface area contributed by atoms with Crippen LogP contribution in [0.3, 0.4) is 0 Å². The number of benzene rings is 1.